The minimum atomic E-state index is 0.804. The van der Waals surface area contributed by atoms with Gasteiger partial charge in [-0.1, -0.05) is 19.8 Å². The zero-order valence-corrected chi connectivity index (χ0v) is 6.84. The fraction of sp³-hybridized carbons (Fsp3) is 1.00. The monoisotopic (exact) mass is 142 g/mol. The van der Waals surface area contributed by atoms with Crippen molar-refractivity contribution in [2.75, 3.05) is 5.75 Å². The summed E-state index contributed by atoms with van der Waals surface area (Å²) < 4.78 is 0.804. The third-order valence-corrected chi connectivity index (χ3v) is 4.54. The SMILES string of the molecule is CC1CCCCC12CS2. The Kier molecular flexibility index (Phi) is 1.29. The summed E-state index contributed by atoms with van der Waals surface area (Å²) in [6.45, 7) is 2.43. The molecule has 0 aromatic rings. The molecule has 2 unspecified atom stereocenters. The van der Waals surface area contributed by atoms with E-state index in [4.69, 9.17) is 0 Å². The van der Waals surface area contributed by atoms with Crippen molar-refractivity contribution in [1.82, 2.24) is 0 Å². The molecule has 1 spiro atoms. The minimum Gasteiger partial charge on any atom is -0.153 e. The molecular weight excluding hydrogens is 128 g/mol. The maximum Gasteiger partial charge on any atom is 0.0276 e. The first-order chi connectivity index (χ1) is 4.33. The largest absolute Gasteiger partial charge is 0.153 e. The molecule has 1 aliphatic heterocycles. The first-order valence-corrected chi connectivity index (χ1v) is 4.96. The van der Waals surface area contributed by atoms with Crippen molar-refractivity contribution >= 4 is 11.8 Å². The maximum absolute atomic E-state index is 2.43. The van der Waals surface area contributed by atoms with E-state index in [9.17, 15) is 0 Å². The highest BCUT2D eigenvalue weighted by Crippen LogP contribution is 2.57. The quantitative estimate of drug-likeness (QED) is 0.469. The van der Waals surface area contributed by atoms with Crippen LogP contribution in [0.15, 0.2) is 0 Å². The maximum atomic E-state index is 2.43. The van der Waals surface area contributed by atoms with Gasteiger partial charge >= 0.3 is 0 Å². The fourth-order valence-electron chi connectivity index (χ4n) is 1.91. The van der Waals surface area contributed by atoms with E-state index < -0.39 is 0 Å². The summed E-state index contributed by atoms with van der Waals surface area (Å²) in [7, 11) is 0. The number of thioether (sulfide) groups is 1. The second-order valence-electron chi connectivity index (χ2n) is 3.50. The lowest BCUT2D eigenvalue weighted by atomic mass is 9.82. The minimum absolute atomic E-state index is 0.804. The molecule has 1 saturated carbocycles. The molecule has 2 fully saturated rings. The molecule has 0 nitrogen and oxygen atoms in total. The lowest BCUT2D eigenvalue weighted by Gasteiger charge is -2.26. The Morgan fingerprint density at radius 3 is 2.67 bits per heavy atom. The number of rotatable bonds is 0. The molecule has 0 radical (unpaired) electrons. The molecular formula is C8H14S. The van der Waals surface area contributed by atoms with Crippen LogP contribution in [0.1, 0.15) is 32.6 Å². The van der Waals surface area contributed by atoms with E-state index in [-0.39, 0.29) is 0 Å². The highest BCUT2D eigenvalue weighted by Gasteiger charge is 2.48. The average Bonchev–Trinajstić information content (AvgIpc) is 2.60. The Morgan fingerprint density at radius 2 is 2.22 bits per heavy atom. The number of hydrogen-bond donors (Lipinski definition) is 0. The summed E-state index contributed by atoms with van der Waals surface area (Å²) >= 11 is 2.20. The zero-order chi connectivity index (χ0) is 6.32. The van der Waals surface area contributed by atoms with Gasteiger partial charge in [0.2, 0.25) is 0 Å². The predicted octanol–water partition coefficient (Wildman–Crippen LogP) is 2.68. The van der Waals surface area contributed by atoms with Gasteiger partial charge < -0.3 is 0 Å². The average molecular weight is 142 g/mol. The smallest absolute Gasteiger partial charge is 0.0276 e. The lowest BCUT2D eigenvalue weighted by molar-refractivity contribution is 0.342. The van der Waals surface area contributed by atoms with Crippen molar-refractivity contribution in [3.63, 3.8) is 0 Å². The van der Waals surface area contributed by atoms with Crippen molar-refractivity contribution < 1.29 is 0 Å². The van der Waals surface area contributed by atoms with E-state index in [0.717, 1.165) is 10.7 Å². The van der Waals surface area contributed by atoms with E-state index in [1.807, 2.05) is 0 Å². The second kappa shape index (κ2) is 1.91. The second-order valence-corrected chi connectivity index (χ2v) is 4.89. The summed E-state index contributed by atoms with van der Waals surface area (Å²) in [4.78, 5) is 0. The van der Waals surface area contributed by atoms with Crippen LogP contribution in [0.4, 0.5) is 0 Å². The summed E-state index contributed by atoms with van der Waals surface area (Å²) in [5.74, 6) is 2.49. The van der Waals surface area contributed by atoms with Crippen LogP contribution < -0.4 is 0 Å². The van der Waals surface area contributed by atoms with E-state index in [1.165, 1.54) is 31.4 Å². The van der Waals surface area contributed by atoms with Crippen LogP contribution in [0, 0.1) is 5.92 Å². The van der Waals surface area contributed by atoms with Crippen LogP contribution in [-0.4, -0.2) is 10.5 Å². The fourth-order valence-corrected chi connectivity index (χ4v) is 3.21. The van der Waals surface area contributed by atoms with Gasteiger partial charge in [0.15, 0.2) is 0 Å². The third kappa shape index (κ3) is 0.899. The van der Waals surface area contributed by atoms with Crippen LogP contribution in [0.5, 0.6) is 0 Å². The molecule has 1 heteroatoms. The standard InChI is InChI=1S/C8H14S/c1-7-4-2-3-5-8(7)6-9-8/h7H,2-6H2,1H3. The van der Waals surface area contributed by atoms with Gasteiger partial charge in [-0.3, -0.25) is 0 Å². The van der Waals surface area contributed by atoms with Crippen LogP contribution >= 0.6 is 11.8 Å². The van der Waals surface area contributed by atoms with Crippen LogP contribution in [0.2, 0.25) is 0 Å². The van der Waals surface area contributed by atoms with Crippen molar-refractivity contribution in [2.24, 2.45) is 5.92 Å². The third-order valence-electron chi connectivity index (χ3n) is 2.90. The summed E-state index contributed by atoms with van der Waals surface area (Å²) in [5, 5.41) is 0. The molecule has 1 saturated heterocycles. The summed E-state index contributed by atoms with van der Waals surface area (Å²) in [6.07, 6.45) is 5.99. The Balaban J connectivity index is 2.03. The van der Waals surface area contributed by atoms with Gasteiger partial charge in [-0.15, -0.1) is 0 Å². The highest BCUT2D eigenvalue weighted by atomic mass is 32.2. The van der Waals surface area contributed by atoms with E-state index >= 15 is 0 Å². The van der Waals surface area contributed by atoms with Gasteiger partial charge in [-0.2, -0.15) is 11.8 Å². The van der Waals surface area contributed by atoms with Gasteiger partial charge in [0, 0.05) is 10.5 Å². The molecule has 9 heavy (non-hydrogen) atoms. The molecule has 2 aliphatic rings. The van der Waals surface area contributed by atoms with Gasteiger partial charge in [0.1, 0.15) is 0 Å². The van der Waals surface area contributed by atoms with Gasteiger partial charge in [0.25, 0.3) is 0 Å². The van der Waals surface area contributed by atoms with Crippen LogP contribution in [0.25, 0.3) is 0 Å². The highest BCUT2D eigenvalue weighted by molar-refractivity contribution is 8.07. The van der Waals surface area contributed by atoms with E-state index in [2.05, 4.69) is 18.7 Å². The van der Waals surface area contributed by atoms with E-state index in [0.29, 0.717) is 0 Å². The Morgan fingerprint density at radius 1 is 1.44 bits per heavy atom. The topological polar surface area (TPSA) is 0 Å². The Hall–Kier alpha value is 0.350. The van der Waals surface area contributed by atoms with Crippen LogP contribution in [0.3, 0.4) is 0 Å². The molecule has 52 valence electrons. The van der Waals surface area contributed by atoms with Crippen molar-refractivity contribution in [3.8, 4) is 0 Å². The summed E-state index contributed by atoms with van der Waals surface area (Å²) in [6, 6.07) is 0. The predicted molar refractivity (Wildman–Crippen MR) is 42.8 cm³/mol. The lowest BCUT2D eigenvalue weighted by Crippen LogP contribution is -2.23. The first kappa shape index (κ1) is 6.09. The normalized spacial score (nSPS) is 49.7. The molecule has 0 amide bonds. The molecule has 2 rings (SSSR count). The van der Waals surface area contributed by atoms with Crippen LogP contribution in [-0.2, 0) is 0 Å². The zero-order valence-electron chi connectivity index (χ0n) is 6.02. The molecule has 0 N–H and O–H groups in total. The molecule has 2 atom stereocenters. The van der Waals surface area contributed by atoms with Crippen molar-refractivity contribution in [3.05, 3.63) is 0 Å². The molecule has 0 aromatic heterocycles. The molecule has 0 bridgehead atoms. The molecule has 1 heterocycles. The Labute approximate surface area is 61.4 Å². The molecule has 1 aliphatic carbocycles. The van der Waals surface area contributed by atoms with Gasteiger partial charge in [-0.25, -0.2) is 0 Å². The van der Waals surface area contributed by atoms with Crippen molar-refractivity contribution in [1.29, 1.82) is 0 Å². The van der Waals surface area contributed by atoms with E-state index in [1.54, 1.807) is 0 Å². The molecule has 0 aromatic carbocycles. The number of hydrogen-bond acceptors (Lipinski definition) is 1. The van der Waals surface area contributed by atoms with Gasteiger partial charge in [0.05, 0.1) is 0 Å². The van der Waals surface area contributed by atoms with Crippen molar-refractivity contribution in [2.45, 2.75) is 37.4 Å². The summed E-state index contributed by atoms with van der Waals surface area (Å²) in [5.41, 5.74) is 0. The Bertz CT molecular complexity index is 116. The van der Waals surface area contributed by atoms with Gasteiger partial charge in [-0.05, 0) is 18.8 Å². The first-order valence-electron chi connectivity index (χ1n) is 3.97.